The van der Waals surface area contributed by atoms with Crippen molar-refractivity contribution in [1.82, 2.24) is 10.6 Å². The number of ether oxygens (including phenoxy) is 1. The minimum atomic E-state index is -0.344. The molecule has 1 aliphatic heterocycles. The van der Waals surface area contributed by atoms with Gasteiger partial charge in [-0.05, 0) is 49.9 Å². The Morgan fingerprint density at radius 3 is 2.55 bits per heavy atom. The highest BCUT2D eigenvalue weighted by Gasteiger charge is 2.43. The maximum absolute atomic E-state index is 13.0. The smallest absolute Gasteiger partial charge is 0.230 e. The van der Waals surface area contributed by atoms with Crippen molar-refractivity contribution in [2.75, 3.05) is 20.2 Å². The summed E-state index contributed by atoms with van der Waals surface area (Å²) in [5.74, 6) is 1.05. The molecule has 4 heteroatoms. The number of rotatable bonds is 4. The summed E-state index contributed by atoms with van der Waals surface area (Å²) in [5.41, 5.74) is 0.788. The Hall–Kier alpha value is -1.55. The number of nitrogens with one attached hydrogen (secondary N) is 2. The highest BCUT2D eigenvalue weighted by Crippen LogP contribution is 2.42. The number of carbonyl (C=O) groups is 1. The predicted octanol–water partition coefficient (Wildman–Crippen LogP) is 2.38. The first-order valence-corrected chi connectivity index (χ1v) is 8.41. The monoisotopic (exact) mass is 302 g/mol. The number of hydrogen-bond acceptors (Lipinski definition) is 3. The third-order valence-electron chi connectivity index (χ3n) is 5.17. The second-order valence-electron chi connectivity index (χ2n) is 6.53. The molecule has 4 nitrogen and oxygen atoms in total. The highest BCUT2D eigenvalue weighted by molar-refractivity contribution is 5.89. The van der Waals surface area contributed by atoms with Gasteiger partial charge in [0.05, 0.1) is 12.5 Å². The van der Waals surface area contributed by atoms with Crippen LogP contribution in [0.1, 0.15) is 44.1 Å². The summed E-state index contributed by atoms with van der Waals surface area (Å²) in [7, 11) is 1.67. The first-order valence-electron chi connectivity index (χ1n) is 8.41. The molecule has 0 spiro atoms. The van der Waals surface area contributed by atoms with Gasteiger partial charge in [-0.25, -0.2) is 0 Å². The quantitative estimate of drug-likeness (QED) is 0.898. The van der Waals surface area contributed by atoms with Gasteiger partial charge in [0.1, 0.15) is 5.75 Å². The molecule has 0 bridgehead atoms. The van der Waals surface area contributed by atoms with Crippen LogP contribution in [0, 0.1) is 0 Å². The van der Waals surface area contributed by atoms with E-state index in [0.717, 1.165) is 62.9 Å². The zero-order chi connectivity index (χ0) is 15.4. The number of methoxy groups -OCH3 is 1. The fourth-order valence-electron chi connectivity index (χ4n) is 3.83. The Kier molecular flexibility index (Phi) is 4.67. The van der Waals surface area contributed by atoms with Gasteiger partial charge in [-0.15, -0.1) is 0 Å². The van der Waals surface area contributed by atoms with E-state index in [1.165, 1.54) is 0 Å². The third-order valence-corrected chi connectivity index (χ3v) is 5.17. The van der Waals surface area contributed by atoms with Crippen molar-refractivity contribution in [2.45, 2.75) is 50.0 Å². The van der Waals surface area contributed by atoms with Gasteiger partial charge in [-0.1, -0.05) is 25.0 Å². The Labute approximate surface area is 132 Å². The van der Waals surface area contributed by atoms with E-state index in [-0.39, 0.29) is 17.4 Å². The number of amides is 1. The second-order valence-corrected chi connectivity index (χ2v) is 6.53. The van der Waals surface area contributed by atoms with E-state index in [0.29, 0.717) is 0 Å². The average molecular weight is 302 g/mol. The molecule has 1 saturated carbocycles. The van der Waals surface area contributed by atoms with Crippen LogP contribution in [0.15, 0.2) is 24.3 Å². The first kappa shape index (κ1) is 15.3. The zero-order valence-electron chi connectivity index (χ0n) is 13.4. The molecule has 1 aromatic rings. The maximum Gasteiger partial charge on any atom is 0.230 e. The van der Waals surface area contributed by atoms with Crippen LogP contribution in [-0.4, -0.2) is 32.1 Å². The van der Waals surface area contributed by atoms with E-state index in [4.69, 9.17) is 4.74 Å². The molecule has 22 heavy (non-hydrogen) atoms. The SMILES string of the molecule is COc1ccc(C2(C(=O)N[C@H]3CCCNC3)CCCC2)cc1. The lowest BCUT2D eigenvalue weighted by Gasteiger charge is -2.32. The van der Waals surface area contributed by atoms with Crippen LogP contribution < -0.4 is 15.4 Å². The predicted molar refractivity (Wildman–Crippen MR) is 87.2 cm³/mol. The minimum absolute atomic E-state index is 0.212. The van der Waals surface area contributed by atoms with Crippen molar-refractivity contribution >= 4 is 5.91 Å². The Balaban J connectivity index is 1.78. The molecule has 0 aromatic heterocycles. The standard InChI is InChI=1S/C18H26N2O2/c1-22-16-8-6-14(7-9-16)18(10-2-3-11-18)17(21)20-15-5-4-12-19-13-15/h6-9,15,19H,2-5,10-13H2,1H3,(H,20,21)/t15-/m0/s1. The van der Waals surface area contributed by atoms with Crippen molar-refractivity contribution in [3.8, 4) is 5.75 Å². The van der Waals surface area contributed by atoms with Gasteiger partial charge in [-0.2, -0.15) is 0 Å². The minimum Gasteiger partial charge on any atom is -0.497 e. The molecular weight excluding hydrogens is 276 g/mol. The van der Waals surface area contributed by atoms with Crippen molar-refractivity contribution in [3.05, 3.63) is 29.8 Å². The normalized spacial score (nSPS) is 24.0. The third kappa shape index (κ3) is 2.98. The van der Waals surface area contributed by atoms with Gasteiger partial charge in [0.2, 0.25) is 5.91 Å². The summed E-state index contributed by atoms with van der Waals surface area (Å²) in [5, 5.41) is 6.66. The molecule has 1 saturated heterocycles. The average Bonchev–Trinajstić information content (AvgIpc) is 3.07. The van der Waals surface area contributed by atoms with E-state index in [9.17, 15) is 4.79 Å². The van der Waals surface area contributed by atoms with E-state index in [1.54, 1.807) is 7.11 Å². The lowest BCUT2D eigenvalue weighted by Crippen LogP contribution is -2.51. The van der Waals surface area contributed by atoms with Gasteiger partial charge in [0.25, 0.3) is 0 Å². The van der Waals surface area contributed by atoms with Crippen molar-refractivity contribution in [2.24, 2.45) is 0 Å². The molecule has 0 unspecified atom stereocenters. The molecule has 2 fully saturated rings. The largest absolute Gasteiger partial charge is 0.497 e. The van der Waals surface area contributed by atoms with Crippen molar-refractivity contribution in [1.29, 1.82) is 0 Å². The van der Waals surface area contributed by atoms with Gasteiger partial charge >= 0.3 is 0 Å². The van der Waals surface area contributed by atoms with Gasteiger partial charge < -0.3 is 15.4 Å². The number of hydrogen-bond donors (Lipinski definition) is 2. The van der Waals surface area contributed by atoms with Crippen LogP contribution >= 0.6 is 0 Å². The first-order chi connectivity index (χ1) is 10.7. The second kappa shape index (κ2) is 6.69. The molecule has 2 aliphatic rings. The van der Waals surface area contributed by atoms with Crippen LogP contribution in [0.25, 0.3) is 0 Å². The summed E-state index contributed by atoms with van der Waals surface area (Å²) >= 11 is 0. The summed E-state index contributed by atoms with van der Waals surface area (Å²) < 4.78 is 5.24. The van der Waals surface area contributed by atoms with Crippen molar-refractivity contribution in [3.63, 3.8) is 0 Å². The molecule has 1 aromatic carbocycles. The zero-order valence-corrected chi connectivity index (χ0v) is 13.4. The Morgan fingerprint density at radius 2 is 1.95 bits per heavy atom. The Bertz CT molecular complexity index is 500. The van der Waals surface area contributed by atoms with E-state index < -0.39 is 0 Å². The van der Waals surface area contributed by atoms with Crippen molar-refractivity contribution < 1.29 is 9.53 Å². The summed E-state index contributed by atoms with van der Waals surface area (Å²) in [4.78, 5) is 13.0. The lowest BCUT2D eigenvalue weighted by atomic mass is 9.77. The van der Waals surface area contributed by atoms with Gasteiger partial charge in [0, 0.05) is 12.6 Å². The topological polar surface area (TPSA) is 50.4 Å². The molecular formula is C18H26N2O2. The molecule has 0 radical (unpaired) electrons. The number of piperidine rings is 1. The lowest BCUT2D eigenvalue weighted by molar-refractivity contribution is -0.127. The summed E-state index contributed by atoms with van der Waals surface area (Å²) in [6, 6.07) is 8.32. The summed E-state index contributed by atoms with van der Waals surface area (Å²) in [6.45, 7) is 1.96. The number of benzene rings is 1. The maximum atomic E-state index is 13.0. The highest BCUT2D eigenvalue weighted by atomic mass is 16.5. The van der Waals surface area contributed by atoms with Gasteiger partial charge in [0.15, 0.2) is 0 Å². The molecule has 1 heterocycles. The van der Waals surface area contributed by atoms with Crippen LogP contribution in [0.4, 0.5) is 0 Å². The molecule has 1 atom stereocenters. The van der Waals surface area contributed by atoms with E-state index in [2.05, 4.69) is 22.8 Å². The van der Waals surface area contributed by atoms with Gasteiger partial charge in [-0.3, -0.25) is 4.79 Å². The molecule has 1 amide bonds. The van der Waals surface area contributed by atoms with Crippen LogP contribution in [0.2, 0.25) is 0 Å². The fraction of sp³-hybridized carbons (Fsp3) is 0.611. The summed E-state index contributed by atoms with van der Waals surface area (Å²) in [6.07, 6.45) is 6.37. The molecule has 1 aliphatic carbocycles. The van der Waals surface area contributed by atoms with E-state index in [1.807, 2.05) is 12.1 Å². The number of carbonyl (C=O) groups excluding carboxylic acids is 1. The fourth-order valence-corrected chi connectivity index (χ4v) is 3.83. The Morgan fingerprint density at radius 1 is 1.23 bits per heavy atom. The van der Waals surface area contributed by atoms with Crippen LogP contribution in [-0.2, 0) is 10.2 Å². The molecule has 2 N–H and O–H groups in total. The van der Waals surface area contributed by atoms with Crippen LogP contribution in [0.3, 0.4) is 0 Å². The van der Waals surface area contributed by atoms with Crippen LogP contribution in [0.5, 0.6) is 5.75 Å². The molecule has 3 rings (SSSR count). The van der Waals surface area contributed by atoms with E-state index >= 15 is 0 Å². The molecule has 120 valence electrons.